The molecule has 0 saturated heterocycles. The normalized spacial score (nSPS) is 10.1. The minimum Gasteiger partial charge on any atom is -0.0622 e. The summed E-state index contributed by atoms with van der Waals surface area (Å²) in [4.78, 5) is 0. The Morgan fingerprint density at radius 3 is 1.40 bits per heavy atom. The molecule has 0 aliphatic carbocycles. The molecule has 0 fully saturated rings. The van der Waals surface area contributed by atoms with Gasteiger partial charge in [0.15, 0.2) is 0 Å². The third kappa shape index (κ3) is 3.25. The van der Waals surface area contributed by atoms with Crippen molar-refractivity contribution in [2.45, 2.75) is 6.42 Å². The van der Waals surface area contributed by atoms with Gasteiger partial charge in [-0.25, -0.2) is 0 Å². The largest absolute Gasteiger partial charge is 0.0622 e. The average Bonchev–Trinajstić information content (AvgIpc) is 2.32. The summed E-state index contributed by atoms with van der Waals surface area (Å²) < 4.78 is 0. The van der Waals surface area contributed by atoms with Gasteiger partial charge in [0.1, 0.15) is 0 Å². The Bertz CT molecular complexity index is 336. The van der Waals surface area contributed by atoms with Gasteiger partial charge in [-0.3, -0.25) is 0 Å². The molecule has 74 valence electrons. The van der Waals surface area contributed by atoms with Crippen LogP contribution in [0.2, 0.25) is 0 Å². The fourth-order valence-corrected chi connectivity index (χ4v) is 1.51. The lowest BCUT2D eigenvalue weighted by Gasteiger charge is -2.00. The van der Waals surface area contributed by atoms with Crippen LogP contribution >= 0.6 is 0 Å². The molecule has 15 heavy (non-hydrogen) atoms. The van der Waals surface area contributed by atoms with Gasteiger partial charge < -0.3 is 0 Å². The molecule has 2 aromatic carbocycles. The smallest absolute Gasteiger partial charge is 0.00868 e. The SMILES string of the molecule is [CH](C[CH]c1ccccc1)c1ccccc1. The molecule has 0 spiro atoms. The third-order valence-electron chi connectivity index (χ3n) is 2.31. The molecule has 2 rings (SSSR count). The van der Waals surface area contributed by atoms with E-state index in [1.165, 1.54) is 11.1 Å². The van der Waals surface area contributed by atoms with E-state index >= 15 is 0 Å². The highest BCUT2D eigenvalue weighted by atomic mass is 14.0. The van der Waals surface area contributed by atoms with Crippen molar-refractivity contribution in [3.05, 3.63) is 84.6 Å². The van der Waals surface area contributed by atoms with Crippen LogP contribution in [0.25, 0.3) is 0 Å². The summed E-state index contributed by atoms with van der Waals surface area (Å²) >= 11 is 0. The van der Waals surface area contributed by atoms with Crippen molar-refractivity contribution >= 4 is 0 Å². The molecule has 0 amide bonds. The predicted molar refractivity (Wildman–Crippen MR) is 64.3 cm³/mol. The molecule has 0 bridgehead atoms. The van der Waals surface area contributed by atoms with E-state index in [1.807, 2.05) is 12.1 Å². The Morgan fingerprint density at radius 1 is 0.600 bits per heavy atom. The number of benzene rings is 2. The summed E-state index contributed by atoms with van der Waals surface area (Å²) in [7, 11) is 0. The van der Waals surface area contributed by atoms with Crippen molar-refractivity contribution in [1.82, 2.24) is 0 Å². The van der Waals surface area contributed by atoms with Gasteiger partial charge in [0, 0.05) is 0 Å². The Morgan fingerprint density at radius 2 is 1.00 bits per heavy atom. The van der Waals surface area contributed by atoms with Crippen molar-refractivity contribution in [3.63, 3.8) is 0 Å². The standard InChI is InChI=1S/C15H14/c1-3-8-14(9-4-1)12-7-13-15-10-5-2-6-11-15/h1-6,8-13H,7H2. The van der Waals surface area contributed by atoms with Gasteiger partial charge in [-0.15, -0.1) is 0 Å². The monoisotopic (exact) mass is 194 g/mol. The van der Waals surface area contributed by atoms with E-state index in [0.29, 0.717) is 0 Å². The second-order valence-electron chi connectivity index (χ2n) is 3.47. The van der Waals surface area contributed by atoms with Crippen LogP contribution in [0.3, 0.4) is 0 Å². The number of rotatable bonds is 4. The lowest BCUT2D eigenvalue weighted by molar-refractivity contribution is 1.15. The molecular formula is C15H14. The maximum atomic E-state index is 2.23. The summed E-state index contributed by atoms with van der Waals surface area (Å²) in [6.07, 6.45) is 5.44. The van der Waals surface area contributed by atoms with Gasteiger partial charge in [0.05, 0.1) is 0 Å². The van der Waals surface area contributed by atoms with Crippen molar-refractivity contribution in [3.8, 4) is 0 Å². The molecule has 0 aromatic heterocycles. The molecule has 0 saturated carbocycles. The maximum Gasteiger partial charge on any atom is -0.00868 e. The zero-order valence-electron chi connectivity index (χ0n) is 8.64. The van der Waals surface area contributed by atoms with Gasteiger partial charge in [-0.05, 0) is 30.4 Å². The minimum absolute atomic E-state index is 0.980. The minimum atomic E-state index is 0.980. The zero-order valence-corrected chi connectivity index (χ0v) is 8.64. The zero-order chi connectivity index (χ0) is 10.3. The van der Waals surface area contributed by atoms with Crippen LogP contribution in [0.1, 0.15) is 17.5 Å². The quantitative estimate of drug-likeness (QED) is 0.692. The molecular weight excluding hydrogens is 180 g/mol. The Labute approximate surface area is 91.6 Å². The molecule has 0 aliphatic heterocycles. The van der Waals surface area contributed by atoms with Crippen molar-refractivity contribution in [1.29, 1.82) is 0 Å². The molecule has 0 heterocycles. The lowest BCUT2D eigenvalue weighted by atomic mass is 10.0. The topological polar surface area (TPSA) is 0 Å². The van der Waals surface area contributed by atoms with Gasteiger partial charge in [-0.1, -0.05) is 60.7 Å². The van der Waals surface area contributed by atoms with Crippen molar-refractivity contribution < 1.29 is 0 Å². The fourth-order valence-electron chi connectivity index (χ4n) is 1.51. The first kappa shape index (κ1) is 9.97. The van der Waals surface area contributed by atoms with Gasteiger partial charge in [-0.2, -0.15) is 0 Å². The molecule has 0 unspecified atom stereocenters. The Balaban J connectivity index is 1.81. The second kappa shape index (κ2) is 5.35. The maximum absolute atomic E-state index is 2.23. The molecule has 0 atom stereocenters. The summed E-state index contributed by atoms with van der Waals surface area (Å²) in [5.74, 6) is 0. The Kier molecular flexibility index (Phi) is 3.56. The van der Waals surface area contributed by atoms with Crippen LogP contribution in [0.4, 0.5) is 0 Å². The molecule has 0 aliphatic rings. The van der Waals surface area contributed by atoms with Crippen LogP contribution in [0.5, 0.6) is 0 Å². The van der Waals surface area contributed by atoms with E-state index < -0.39 is 0 Å². The summed E-state index contributed by atoms with van der Waals surface area (Å²) in [6.45, 7) is 0. The van der Waals surface area contributed by atoms with Gasteiger partial charge in [0.2, 0.25) is 0 Å². The summed E-state index contributed by atoms with van der Waals surface area (Å²) in [5, 5.41) is 0. The van der Waals surface area contributed by atoms with E-state index in [1.54, 1.807) is 0 Å². The predicted octanol–water partition coefficient (Wildman–Crippen LogP) is 3.88. The molecule has 2 aromatic rings. The first-order valence-electron chi connectivity index (χ1n) is 5.22. The van der Waals surface area contributed by atoms with E-state index in [9.17, 15) is 0 Å². The van der Waals surface area contributed by atoms with E-state index in [0.717, 1.165) is 6.42 Å². The third-order valence-corrected chi connectivity index (χ3v) is 2.31. The highest BCUT2D eigenvalue weighted by molar-refractivity contribution is 5.27. The van der Waals surface area contributed by atoms with Gasteiger partial charge in [0.25, 0.3) is 0 Å². The highest BCUT2D eigenvalue weighted by Crippen LogP contribution is 2.11. The van der Waals surface area contributed by atoms with Crippen LogP contribution in [-0.2, 0) is 0 Å². The van der Waals surface area contributed by atoms with Gasteiger partial charge >= 0.3 is 0 Å². The van der Waals surface area contributed by atoms with E-state index in [4.69, 9.17) is 0 Å². The molecule has 0 heteroatoms. The van der Waals surface area contributed by atoms with E-state index in [2.05, 4.69) is 61.4 Å². The number of hydrogen-bond donors (Lipinski definition) is 0. The van der Waals surface area contributed by atoms with Crippen LogP contribution in [0, 0.1) is 12.8 Å². The van der Waals surface area contributed by atoms with Crippen molar-refractivity contribution in [2.24, 2.45) is 0 Å². The highest BCUT2D eigenvalue weighted by Gasteiger charge is 1.94. The molecule has 0 N–H and O–H groups in total. The molecule has 2 radical (unpaired) electrons. The fraction of sp³-hybridized carbons (Fsp3) is 0.0667. The Hall–Kier alpha value is -1.56. The number of hydrogen-bond acceptors (Lipinski definition) is 0. The summed E-state index contributed by atoms with van der Waals surface area (Å²) in [5.41, 5.74) is 2.56. The van der Waals surface area contributed by atoms with Crippen LogP contribution in [0.15, 0.2) is 60.7 Å². The van der Waals surface area contributed by atoms with E-state index in [-0.39, 0.29) is 0 Å². The summed E-state index contributed by atoms with van der Waals surface area (Å²) in [6, 6.07) is 20.8. The molecule has 0 nitrogen and oxygen atoms in total. The van der Waals surface area contributed by atoms with Crippen molar-refractivity contribution in [2.75, 3.05) is 0 Å². The lowest BCUT2D eigenvalue weighted by Crippen LogP contribution is -1.84. The van der Waals surface area contributed by atoms with Crippen LogP contribution < -0.4 is 0 Å². The first-order valence-corrected chi connectivity index (χ1v) is 5.22. The average molecular weight is 194 g/mol. The van der Waals surface area contributed by atoms with Crippen LogP contribution in [-0.4, -0.2) is 0 Å². The first-order chi connectivity index (χ1) is 7.45. The second-order valence-corrected chi connectivity index (χ2v) is 3.47.